The van der Waals surface area contributed by atoms with Gasteiger partial charge in [0.25, 0.3) is 0 Å². The molecule has 0 saturated carbocycles. The quantitative estimate of drug-likeness (QED) is 0.902. The van der Waals surface area contributed by atoms with Gasteiger partial charge in [0.05, 0.1) is 0 Å². The van der Waals surface area contributed by atoms with Crippen molar-refractivity contribution < 1.29 is 9.50 Å². The van der Waals surface area contributed by atoms with Crippen LogP contribution in [-0.4, -0.2) is 5.11 Å². The standard InChI is InChI=1S/C12H11BrFNOS/c13-9-4-10(17-7-9)6-15-5-8-2-1-3-11(14)12(8)16/h1-4,7,15-16H,5-6H2. The smallest absolute Gasteiger partial charge is 0.165 e. The molecule has 2 N–H and O–H groups in total. The lowest BCUT2D eigenvalue weighted by atomic mass is 10.2. The van der Waals surface area contributed by atoms with Crippen LogP contribution >= 0.6 is 27.3 Å². The lowest BCUT2D eigenvalue weighted by Crippen LogP contribution is -2.12. The van der Waals surface area contributed by atoms with Crippen molar-refractivity contribution in [2.24, 2.45) is 0 Å². The Bertz CT molecular complexity index is 515. The molecular weight excluding hydrogens is 305 g/mol. The van der Waals surface area contributed by atoms with E-state index in [1.807, 2.05) is 11.4 Å². The van der Waals surface area contributed by atoms with Gasteiger partial charge in [-0.05, 0) is 28.1 Å². The lowest BCUT2D eigenvalue weighted by Gasteiger charge is -2.06. The van der Waals surface area contributed by atoms with Gasteiger partial charge in [-0.25, -0.2) is 4.39 Å². The normalized spacial score (nSPS) is 10.7. The molecule has 1 heterocycles. The molecule has 2 aromatic rings. The predicted octanol–water partition coefficient (Wildman–Crippen LogP) is 3.65. The predicted molar refractivity (Wildman–Crippen MR) is 70.6 cm³/mol. The van der Waals surface area contributed by atoms with Crippen molar-refractivity contribution in [3.8, 4) is 5.75 Å². The first-order valence-corrected chi connectivity index (χ1v) is 6.74. The molecule has 0 radical (unpaired) electrons. The summed E-state index contributed by atoms with van der Waals surface area (Å²) >= 11 is 5.03. The fraction of sp³-hybridized carbons (Fsp3) is 0.167. The number of para-hydroxylation sites is 1. The molecule has 1 aromatic carbocycles. The number of aromatic hydroxyl groups is 1. The molecule has 0 aliphatic carbocycles. The summed E-state index contributed by atoms with van der Waals surface area (Å²) in [7, 11) is 0. The van der Waals surface area contributed by atoms with Gasteiger partial charge in [0.15, 0.2) is 11.6 Å². The number of rotatable bonds is 4. The minimum Gasteiger partial charge on any atom is -0.505 e. The minimum absolute atomic E-state index is 0.271. The second kappa shape index (κ2) is 5.62. The van der Waals surface area contributed by atoms with Crippen LogP contribution in [0.2, 0.25) is 0 Å². The van der Waals surface area contributed by atoms with Gasteiger partial charge in [-0.15, -0.1) is 11.3 Å². The zero-order chi connectivity index (χ0) is 12.3. The van der Waals surface area contributed by atoms with Crippen molar-refractivity contribution in [2.45, 2.75) is 13.1 Å². The van der Waals surface area contributed by atoms with Crippen LogP contribution in [0.1, 0.15) is 10.4 Å². The third-order valence-electron chi connectivity index (χ3n) is 2.31. The van der Waals surface area contributed by atoms with Crippen LogP contribution in [0, 0.1) is 5.82 Å². The molecule has 1 aromatic heterocycles. The zero-order valence-electron chi connectivity index (χ0n) is 8.91. The molecule has 0 aliphatic heterocycles. The van der Waals surface area contributed by atoms with E-state index in [9.17, 15) is 9.50 Å². The third-order valence-corrected chi connectivity index (χ3v) is 4.00. The molecule has 17 heavy (non-hydrogen) atoms. The largest absolute Gasteiger partial charge is 0.505 e. The second-order valence-corrected chi connectivity index (χ2v) is 5.49. The summed E-state index contributed by atoms with van der Waals surface area (Å²) in [5.41, 5.74) is 0.570. The monoisotopic (exact) mass is 315 g/mol. The van der Waals surface area contributed by atoms with Crippen LogP contribution in [0.4, 0.5) is 4.39 Å². The number of benzene rings is 1. The number of phenolic OH excluding ortho intramolecular Hbond substituents is 1. The second-order valence-electron chi connectivity index (χ2n) is 3.58. The first kappa shape index (κ1) is 12.5. The molecule has 0 aliphatic rings. The summed E-state index contributed by atoms with van der Waals surface area (Å²) in [6, 6.07) is 6.57. The highest BCUT2D eigenvalue weighted by molar-refractivity contribution is 9.10. The van der Waals surface area contributed by atoms with Gasteiger partial charge in [0.2, 0.25) is 0 Å². The van der Waals surface area contributed by atoms with E-state index in [1.165, 1.54) is 10.9 Å². The number of thiophene rings is 1. The van der Waals surface area contributed by atoms with Crippen molar-refractivity contribution in [2.75, 3.05) is 0 Å². The molecule has 0 amide bonds. The van der Waals surface area contributed by atoms with E-state index >= 15 is 0 Å². The fourth-order valence-electron chi connectivity index (χ4n) is 1.47. The van der Waals surface area contributed by atoms with Crippen molar-refractivity contribution in [3.05, 3.63) is 50.4 Å². The molecule has 0 bridgehead atoms. The van der Waals surface area contributed by atoms with E-state index in [0.29, 0.717) is 18.7 Å². The Labute approximate surface area is 111 Å². The highest BCUT2D eigenvalue weighted by Crippen LogP contribution is 2.22. The third kappa shape index (κ3) is 3.28. The molecule has 0 unspecified atom stereocenters. The van der Waals surface area contributed by atoms with Crippen molar-refractivity contribution in [1.29, 1.82) is 0 Å². The molecular formula is C12H11BrFNOS. The van der Waals surface area contributed by atoms with E-state index in [0.717, 1.165) is 4.47 Å². The van der Waals surface area contributed by atoms with Crippen LogP contribution in [0.5, 0.6) is 5.75 Å². The summed E-state index contributed by atoms with van der Waals surface area (Å²) < 4.78 is 14.1. The summed E-state index contributed by atoms with van der Waals surface area (Å²) in [5.74, 6) is -0.851. The van der Waals surface area contributed by atoms with Gasteiger partial charge in [-0.1, -0.05) is 12.1 Å². The van der Waals surface area contributed by atoms with Gasteiger partial charge in [0, 0.05) is 33.4 Å². The Kier molecular flexibility index (Phi) is 4.15. The number of hydrogen-bond acceptors (Lipinski definition) is 3. The molecule has 0 spiro atoms. The average molecular weight is 316 g/mol. The van der Waals surface area contributed by atoms with E-state index < -0.39 is 5.82 Å². The van der Waals surface area contributed by atoms with Gasteiger partial charge < -0.3 is 10.4 Å². The van der Waals surface area contributed by atoms with Gasteiger partial charge >= 0.3 is 0 Å². The van der Waals surface area contributed by atoms with Crippen LogP contribution in [0.3, 0.4) is 0 Å². The SMILES string of the molecule is Oc1c(F)cccc1CNCc1cc(Br)cs1. The van der Waals surface area contributed by atoms with Crippen molar-refractivity contribution in [3.63, 3.8) is 0 Å². The summed E-state index contributed by atoms with van der Waals surface area (Å²) in [6.07, 6.45) is 0. The maximum absolute atomic E-state index is 13.1. The average Bonchev–Trinajstić information content (AvgIpc) is 2.70. The van der Waals surface area contributed by atoms with E-state index in [2.05, 4.69) is 21.2 Å². The first-order chi connectivity index (χ1) is 8.16. The van der Waals surface area contributed by atoms with E-state index in [-0.39, 0.29) is 5.75 Å². The van der Waals surface area contributed by atoms with E-state index in [1.54, 1.807) is 23.5 Å². The molecule has 0 atom stereocenters. The lowest BCUT2D eigenvalue weighted by molar-refractivity contribution is 0.423. The first-order valence-electron chi connectivity index (χ1n) is 5.07. The number of phenols is 1. The molecule has 0 fully saturated rings. The topological polar surface area (TPSA) is 32.3 Å². The van der Waals surface area contributed by atoms with Crippen LogP contribution in [-0.2, 0) is 13.1 Å². The maximum atomic E-state index is 13.1. The van der Waals surface area contributed by atoms with Gasteiger partial charge in [0.1, 0.15) is 0 Å². The number of nitrogens with one attached hydrogen (secondary N) is 1. The van der Waals surface area contributed by atoms with Crippen molar-refractivity contribution in [1.82, 2.24) is 5.32 Å². The van der Waals surface area contributed by atoms with Gasteiger partial charge in [-0.2, -0.15) is 0 Å². The summed E-state index contributed by atoms with van der Waals surface area (Å²) in [6.45, 7) is 1.14. The summed E-state index contributed by atoms with van der Waals surface area (Å²) in [5, 5.41) is 14.7. The van der Waals surface area contributed by atoms with Crippen LogP contribution in [0.15, 0.2) is 34.1 Å². The van der Waals surface area contributed by atoms with Crippen LogP contribution < -0.4 is 5.32 Å². The Morgan fingerprint density at radius 3 is 2.88 bits per heavy atom. The van der Waals surface area contributed by atoms with Crippen molar-refractivity contribution >= 4 is 27.3 Å². The highest BCUT2D eigenvalue weighted by atomic mass is 79.9. The highest BCUT2D eigenvalue weighted by Gasteiger charge is 2.05. The fourth-order valence-corrected chi connectivity index (χ4v) is 2.89. The number of hydrogen-bond donors (Lipinski definition) is 2. The Morgan fingerprint density at radius 2 is 2.18 bits per heavy atom. The molecule has 0 saturated heterocycles. The van der Waals surface area contributed by atoms with Crippen LogP contribution in [0.25, 0.3) is 0 Å². The summed E-state index contributed by atoms with van der Waals surface area (Å²) in [4.78, 5) is 1.19. The Balaban J connectivity index is 1.92. The molecule has 90 valence electrons. The molecule has 2 nitrogen and oxygen atoms in total. The Morgan fingerprint density at radius 1 is 1.35 bits per heavy atom. The zero-order valence-corrected chi connectivity index (χ0v) is 11.3. The van der Waals surface area contributed by atoms with E-state index in [4.69, 9.17) is 0 Å². The number of halogens is 2. The minimum atomic E-state index is -0.580. The molecule has 2 rings (SSSR count). The van der Waals surface area contributed by atoms with Gasteiger partial charge in [-0.3, -0.25) is 0 Å². The molecule has 5 heteroatoms. The maximum Gasteiger partial charge on any atom is 0.165 e. The Hall–Kier alpha value is -0.910.